The molecule has 0 saturated carbocycles. The van der Waals surface area contributed by atoms with Gasteiger partial charge in [0.1, 0.15) is 17.9 Å². The van der Waals surface area contributed by atoms with Crippen molar-refractivity contribution in [1.82, 2.24) is 20.2 Å². The zero-order valence-corrected chi connectivity index (χ0v) is 11.3. The van der Waals surface area contributed by atoms with Crippen molar-refractivity contribution >= 4 is 22.5 Å². The van der Waals surface area contributed by atoms with Crippen LogP contribution in [-0.4, -0.2) is 27.3 Å². The Hall–Kier alpha value is -2.63. The topological polar surface area (TPSA) is 75.7 Å². The van der Waals surface area contributed by atoms with Gasteiger partial charge >= 0.3 is 0 Å². The van der Waals surface area contributed by atoms with Crippen LogP contribution in [0.2, 0.25) is 0 Å². The van der Waals surface area contributed by atoms with Gasteiger partial charge in [-0.15, -0.1) is 0 Å². The normalized spacial score (nSPS) is 10.7. The number of aromatic nitrogens is 4. The number of anilines is 2. The molecule has 2 aromatic heterocycles. The van der Waals surface area contributed by atoms with E-state index in [1.807, 2.05) is 24.3 Å². The Bertz CT molecular complexity index is 737. The smallest absolute Gasteiger partial charge is 0.153 e. The second kappa shape index (κ2) is 5.16. The lowest BCUT2D eigenvalue weighted by Gasteiger charge is -2.07. The molecule has 0 unspecified atom stereocenters. The van der Waals surface area contributed by atoms with Crippen LogP contribution in [-0.2, 0) is 6.42 Å². The zero-order chi connectivity index (χ0) is 13.9. The van der Waals surface area contributed by atoms with Gasteiger partial charge in [-0.2, -0.15) is 5.10 Å². The maximum atomic E-state index is 5.24. The lowest BCUT2D eigenvalue weighted by atomic mass is 10.2. The molecular weight excluding hydrogens is 254 g/mol. The van der Waals surface area contributed by atoms with Crippen LogP contribution in [0.4, 0.5) is 11.6 Å². The van der Waals surface area contributed by atoms with Crippen LogP contribution in [0, 0.1) is 0 Å². The van der Waals surface area contributed by atoms with E-state index in [1.165, 1.54) is 6.33 Å². The average molecular weight is 269 g/mol. The van der Waals surface area contributed by atoms with Gasteiger partial charge in [-0.1, -0.05) is 6.92 Å². The summed E-state index contributed by atoms with van der Waals surface area (Å²) in [6.45, 7) is 2.07. The van der Waals surface area contributed by atoms with E-state index in [0.717, 1.165) is 34.6 Å². The fourth-order valence-corrected chi connectivity index (χ4v) is 1.99. The van der Waals surface area contributed by atoms with E-state index in [0.29, 0.717) is 5.82 Å². The van der Waals surface area contributed by atoms with Crippen molar-refractivity contribution in [1.29, 1.82) is 0 Å². The summed E-state index contributed by atoms with van der Waals surface area (Å²) in [5.41, 5.74) is 1.93. The fourth-order valence-electron chi connectivity index (χ4n) is 1.99. The number of hydrogen-bond acceptors (Lipinski definition) is 5. The Labute approximate surface area is 116 Å². The van der Waals surface area contributed by atoms with Crippen molar-refractivity contribution < 1.29 is 4.74 Å². The summed E-state index contributed by atoms with van der Waals surface area (Å²) in [6, 6.07) is 7.66. The second-order valence-corrected chi connectivity index (χ2v) is 4.36. The van der Waals surface area contributed by atoms with Crippen LogP contribution in [0.15, 0.2) is 30.6 Å². The molecule has 0 fully saturated rings. The largest absolute Gasteiger partial charge is 0.497 e. The number of fused-ring (bicyclic) bond motifs is 1. The van der Waals surface area contributed by atoms with Gasteiger partial charge in [0.2, 0.25) is 0 Å². The van der Waals surface area contributed by atoms with Crippen LogP contribution in [0.25, 0.3) is 10.9 Å². The molecule has 0 atom stereocenters. The molecule has 0 aliphatic rings. The number of benzene rings is 1. The molecule has 6 nitrogen and oxygen atoms in total. The van der Waals surface area contributed by atoms with Crippen molar-refractivity contribution in [3.63, 3.8) is 0 Å². The van der Waals surface area contributed by atoms with Gasteiger partial charge in [0, 0.05) is 17.1 Å². The predicted octanol–water partition coefficient (Wildman–Crippen LogP) is 2.67. The molecule has 102 valence electrons. The van der Waals surface area contributed by atoms with Crippen molar-refractivity contribution in [2.75, 3.05) is 12.4 Å². The maximum Gasteiger partial charge on any atom is 0.153 e. The minimum atomic E-state index is 0.711. The number of aromatic amines is 1. The van der Waals surface area contributed by atoms with E-state index in [1.54, 1.807) is 7.11 Å². The summed E-state index contributed by atoms with van der Waals surface area (Å²) in [5.74, 6) is 2.22. The van der Waals surface area contributed by atoms with E-state index in [9.17, 15) is 0 Å². The summed E-state index contributed by atoms with van der Waals surface area (Å²) in [6.07, 6.45) is 2.44. The molecule has 6 heteroatoms. The first kappa shape index (κ1) is 12.4. The Balaban J connectivity index is 2.01. The Morgan fingerprint density at radius 2 is 2.15 bits per heavy atom. The van der Waals surface area contributed by atoms with Crippen molar-refractivity contribution in [3.05, 3.63) is 36.3 Å². The number of hydrogen-bond donors (Lipinski definition) is 2. The van der Waals surface area contributed by atoms with Crippen LogP contribution in [0.1, 0.15) is 12.6 Å². The van der Waals surface area contributed by atoms with Crippen molar-refractivity contribution in [3.8, 4) is 5.75 Å². The molecule has 0 aliphatic heterocycles. The first-order valence-electron chi connectivity index (χ1n) is 6.40. The van der Waals surface area contributed by atoms with Crippen molar-refractivity contribution in [2.45, 2.75) is 13.3 Å². The second-order valence-electron chi connectivity index (χ2n) is 4.36. The Morgan fingerprint density at radius 3 is 2.90 bits per heavy atom. The van der Waals surface area contributed by atoms with Gasteiger partial charge in [-0.25, -0.2) is 9.97 Å². The highest BCUT2D eigenvalue weighted by Crippen LogP contribution is 2.26. The first-order chi connectivity index (χ1) is 9.80. The highest BCUT2D eigenvalue weighted by molar-refractivity contribution is 5.91. The van der Waals surface area contributed by atoms with Gasteiger partial charge in [0.25, 0.3) is 0 Å². The number of methoxy groups -OCH3 is 1. The quantitative estimate of drug-likeness (QED) is 0.761. The summed E-state index contributed by atoms with van der Waals surface area (Å²) < 4.78 is 5.24. The van der Waals surface area contributed by atoms with Gasteiger partial charge in [0.05, 0.1) is 12.6 Å². The SMILES string of the molecule is CCc1cc(Nc2ncnc3ccc(OC)cc23)n[nH]1. The minimum Gasteiger partial charge on any atom is -0.497 e. The van der Waals surface area contributed by atoms with E-state index in [4.69, 9.17) is 4.74 Å². The van der Waals surface area contributed by atoms with Gasteiger partial charge in [0.15, 0.2) is 5.82 Å². The van der Waals surface area contributed by atoms with Gasteiger partial charge in [-0.3, -0.25) is 5.10 Å². The summed E-state index contributed by atoms with van der Waals surface area (Å²) >= 11 is 0. The lowest BCUT2D eigenvalue weighted by Crippen LogP contribution is -1.96. The standard InChI is InChI=1S/C14H15N5O/c1-3-9-6-13(19-18-9)17-14-11-7-10(20-2)4-5-12(11)15-8-16-14/h4-8H,3H2,1-2H3,(H2,15,16,17,18,19). The van der Waals surface area contributed by atoms with Crippen molar-refractivity contribution in [2.24, 2.45) is 0 Å². The first-order valence-corrected chi connectivity index (χ1v) is 6.40. The minimum absolute atomic E-state index is 0.711. The highest BCUT2D eigenvalue weighted by atomic mass is 16.5. The molecule has 2 heterocycles. The van der Waals surface area contributed by atoms with E-state index >= 15 is 0 Å². The number of rotatable bonds is 4. The number of nitrogens with zero attached hydrogens (tertiary/aromatic N) is 3. The van der Waals surface area contributed by atoms with E-state index < -0.39 is 0 Å². The molecular formula is C14H15N5O. The Kier molecular flexibility index (Phi) is 3.20. The molecule has 0 spiro atoms. The number of aryl methyl sites for hydroxylation is 1. The van der Waals surface area contributed by atoms with Gasteiger partial charge in [-0.05, 0) is 24.6 Å². The number of nitrogens with one attached hydrogen (secondary N) is 2. The molecule has 3 rings (SSSR count). The number of ether oxygens (including phenoxy) is 1. The molecule has 0 aliphatic carbocycles. The van der Waals surface area contributed by atoms with Gasteiger partial charge < -0.3 is 10.1 Å². The summed E-state index contributed by atoms with van der Waals surface area (Å²) in [4.78, 5) is 8.53. The average Bonchev–Trinajstić information content (AvgIpc) is 2.95. The zero-order valence-electron chi connectivity index (χ0n) is 11.3. The molecule has 0 amide bonds. The molecule has 0 radical (unpaired) electrons. The molecule has 0 bridgehead atoms. The third-order valence-corrected chi connectivity index (χ3v) is 3.10. The Morgan fingerprint density at radius 1 is 1.25 bits per heavy atom. The third kappa shape index (κ3) is 2.27. The summed E-state index contributed by atoms with van der Waals surface area (Å²) in [5, 5.41) is 11.3. The van der Waals surface area contributed by atoms with Crippen LogP contribution >= 0.6 is 0 Å². The predicted molar refractivity (Wildman–Crippen MR) is 77.3 cm³/mol. The van der Waals surface area contributed by atoms with E-state index in [2.05, 4.69) is 32.4 Å². The van der Waals surface area contributed by atoms with Crippen LogP contribution < -0.4 is 10.1 Å². The molecule has 3 aromatic rings. The molecule has 1 aromatic carbocycles. The summed E-state index contributed by atoms with van der Waals surface area (Å²) in [7, 11) is 1.64. The van der Waals surface area contributed by atoms with E-state index in [-0.39, 0.29) is 0 Å². The highest BCUT2D eigenvalue weighted by Gasteiger charge is 2.07. The number of H-pyrrole nitrogens is 1. The molecule has 2 N–H and O–H groups in total. The molecule has 0 saturated heterocycles. The monoisotopic (exact) mass is 269 g/mol. The molecule has 20 heavy (non-hydrogen) atoms. The maximum absolute atomic E-state index is 5.24. The van der Waals surface area contributed by atoms with Crippen LogP contribution in [0.3, 0.4) is 0 Å². The lowest BCUT2D eigenvalue weighted by molar-refractivity contribution is 0.415. The third-order valence-electron chi connectivity index (χ3n) is 3.10. The van der Waals surface area contributed by atoms with Crippen LogP contribution in [0.5, 0.6) is 5.75 Å². The fraction of sp³-hybridized carbons (Fsp3) is 0.214.